The van der Waals surface area contributed by atoms with E-state index in [1.807, 2.05) is 73.8 Å². The van der Waals surface area contributed by atoms with Gasteiger partial charge in [0.05, 0.1) is 33.4 Å². The van der Waals surface area contributed by atoms with Crippen molar-refractivity contribution >= 4 is 28.3 Å². The van der Waals surface area contributed by atoms with Crippen molar-refractivity contribution in [2.75, 3.05) is 26.2 Å². The maximum atomic E-state index is 14.5. The first-order valence-electron chi connectivity index (χ1n) is 14.7. The molecule has 1 atom stereocenters. The Kier molecular flexibility index (Phi) is 9.15. The van der Waals surface area contributed by atoms with E-state index in [1.165, 1.54) is 6.42 Å². The van der Waals surface area contributed by atoms with E-state index in [4.69, 9.17) is 14.2 Å². The van der Waals surface area contributed by atoms with E-state index in [0.29, 0.717) is 40.8 Å². The van der Waals surface area contributed by atoms with Crippen LogP contribution in [0.3, 0.4) is 0 Å². The Morgan fingerprint density at radius 1 is 0.905 bits per heavy atom. The summed E-state index contributed by atoms with van der Waals surface area (Å²) in [5, 5.41) is 0.984. The molecule has 4 aromatic rings. The molecule has 0 spiro atoms. The molecule has 1 saturated carbocycles. The number of rotatable bonds is 11. The Balaban J connectivity index is 1.65. The van der Waals surface area contributed by atoms with Crippen LogP contribution in [-0.4, -0.2) is 38.0 Å². The zero-order valence-corrected chi connectivity index (χ0v) is 24.9. The predicted octanol–water partition coefficient (Wildman–Crippen LogP) is 7.36. The molecule has 1 N–H and O–H groups in total. The Bertz CT molecular complexity index is 1550. The lowest BCUT2D eigenvalue weighted by molar-refractivity contribution is -0.125. The summed E-state index contributed by atoms with van der Waals surface area (Å²) in [4.78, 5) is 34.0. The molecule has 1 amide bonds. The van der Waals surface area contributed by atoms with Crippen molar-refractivity contribution in [2.45, 2.75) is 57.9 Å². The van der Waals surface area contributed by atoms with Crippen LogP contribution in [0.15, 0.2) is 66.9 Å². The van der Waals surface area contributed by atoms with Gasteiger partial charge in [-0.1, -0.05) is 62.4 Å². The standard InChI is InChI=1S/C35H40N2O5/c1-23-18-25(20-32(41-3)35(23)42-4)34(30(38)19-24-12-6-5-7-13-24)37(29-16-10-11-17-31(29)40-2)33(39)21-26-22-36-28-15-9-8-14-27(26)28/h8-11,14-18,20,22,24,34,36H,5-7,12-13,19,21H2,1-4H3. The zero-order chi connectivity index (χ0) is 29.6. The number of carbonyl (C=O) groups excluding carboxylic acids is 2. The van der Waals surface area contributed by atoms with Crippen molar-refractivity contribution in [1.29, 1.82) is 0 Å². The number of H-pyrrole nitrogens is 1. The number of hydrogen-bond acceptors (Lipinski definition) is 5. The van der Waals surface area contributed by atoms with Crippen LogP contribution >= 0.6 is 0 Å². The number of Topliss-reactive ketones (excluding diaryl/α,β-unsaturated/α-hetero) is 1. The number of hydrogen-bond donors (Lipinski definition) is 1. The van der Waals surface area contributed by atoms with Gasteiger partial charge in [-0.25, -0.2) is 0 Å². The SMILES string of the molecule is COc1ccccc1N(C(=O)Cc1c[nH]c2ccccc12)C(C(=O)CC1CCCCC1)c1cc(C)c(OC)c(OC)c1. The number of ketones is 1. The molecule has 1 unspecified atom stereocenters. The van der Waals surface area contributed by atoms with Crippen molar-refractivity contribution in [3.63, 3.8) is 0 Å². The van der Waals surface area contributed by atoms with Gasteiger partial charge in [0, 0.05) is 23.5 Å². The van der Waals surface area contributed by atoms with Gasteiger partial charge >= 0.3 is 0 Å². The Labute approximate surface area is 247 Å². The third kappa shape index (κ3) is 6.01. The summed E-state index contributed by atoms with van der Waals surface area (Å²) in [6.07, 6.45) is 7.93. The second kappa shape index (κ2) is 13.1. The average Bonchev–Trinajstić information content (AvgIpc) is 3.42. The minimum atomic E-state index is -0.876. The highest BCUT2D eigenvalue weighted by molar-refractivity contribution is 6.05. The Morgan fingerprint density at radius 2 is 1.62 bits per heavy atom. The van der Waals surface area contributed by atoms with Crippen molar-refractivity contribution in [1.82, 2.24) is 4.98 Å². The fourth-order valence-corrected chi connectivity index (χ4v) is 6.38. The van der Waals surface area contributed by atoms with E-state index >= 15 is 0 Å². The molecule has 1 heterocycles. The zero-order valence-electron chi connectivity index (χ0n) is 24.9. The smallest absolute Gasteiger partial charge is 0.232 e. The number of carbonyl (C=O) groups is 2. The van der Waals surface area contributed by atoms with Gasteiger partial charge in [-0.2, -0.15) is 0 Å². The number of aryl methyl sites for hydroxylation is 1. The van der Waals surface area contributed by atoms with Gasteiger partial charge in [0.15, 0.2) is 17.3 Å². The third-order valence-electron chi connectivity index (χ3n) is 8.41. The molecule has 0 bridgehead atoms. The number of ether oxygens (including phenoxy) is 3. The van der Waals surface area contributed by atoms with E-state index < -0.39 is 6.04 Å². The fraction of sp³-hybridized carbons (Fsp3) is 0.371. The van der Waals surface area contributed by atoms with Crippen LogP contribution in [0, 0.1) is 12.8 Å². The van der Waals surface area contributed by atoms with Crippen molar-refractivity contribution in [3.8, 4) is 17.2 Å². The summed E-state index contributed by atoms with van der Waals surface area (Å²) >= 11 is 0. The van der Waals surface area contributed by atoms with E-state index in [2.05, 4.69) is 4.98 Å². The molecule has 0 radical (unpaired) electrons. The topological polar surface area (TPSA) is 80.9 Å². The molecular weight excluding hydrogens is 528 g/mol. The lowest BCUT2D eigenvalue weighted by atomic mass is 9.83. The van der Waals surface area contributed by atoms with Crippen LogP contribution < -0.4 is 19.1 Å². The van der Waals surface area contributed by atoms with Gasteiger partial charge in [-0.3, -0.25) is 14.5 Å². The minimum Gasteiger partial charge on any atom is -0.495 e. The normalized spacial score (nSPS) is 14.4. The molecule has 220 valence electrons. The summed E-state index contributed by atoms with van der Waals surface area (Å²) in [5.41, 5.74) is 3.90. The summed E-state index contributed by atoms with van der Waals surface area (Å²) in [7, 11) is 4.77. The Morgan fingerprint density at radius 3 is 2.36 bits per heavy atom. The molecule has 7 heteroatoms. The molecule has 3 aromatic carbocycles. The molecule has 1 fully saturated rings. The first kappa shape index (κ1) is 29.2. The summed E-state index contributed by atoms with van der Waals surface area (Å²) in [5.74, 6) is 1.77. The molecule has 7 nitrogen and oxygen atoms in total. The monoisotopic (exact) mass is 568 g/mol. The summed E-state index contributed by atoms with van der Waals surface area (Å²) in [6.45, 7) is 1.93. The van der Waals surface area contributed by atoms with Gasteiger partial charge in [0.2, 0.25) is 5.91 Å². The molecule has 1 aliphatic carbocycles. The molecule has 42 heavy (non-hydrogen) atoms. The van der Waals surface area contributed by atoms with E-state index in [1.54, 1.807) is 26.2 Å². The van der Waals surface area contributed by atoms with Crippen LogP contribution in [0.4, 0.5) is 5.69 Å². The van der Waals surface area contributed by atoms with Gasteiger partial charge in [-0.05, 0) is 59.9 Å². The number of aromatic amines is 1. The quantitative estimate of drug-likeness (QED) is 0.204. The van der Waals surface area contributed by atoms with Crippen molar-refractivity contribution in [2.24, 2.45) is 5.92 Å². The van der Waals surface area contributed by atoms with Crippen molar-refractivity contribution < 1.29 is 23.8 Å². The van der Waals surface area contributed by atoms with E-state index in [0.717, 1.165) is 47.7 Å². The first-order chi connectivity index (χ1) is 20.4. The lowest BCUT2D eigenvalue weighted by Crippen LogP contribution is -2.41. The summed E-state index contributed by atoms with van der Waals surface area (Å²) in [6, 6.07) is 18.2. The second-order valence-electron chi connectivity index (χ2n) is 11.1. The first-order valence-corrected chi connectivity index (χ1v) is 14.7. The van der Waals surface area contributed by atoms with Gasteiger partial charge in [-0.15, -0.1) is 0 Å². The van der Waals surface area contributed by atoms with Crippen LogP contribution in [0.5, 0.6) is 17.2 Å². The number of aromatic nitrogens is 1. The number of benzene rings is 3. The highest BCUT2D eigenvalue weighted by Crippen LogP contribution is 2.41. The van der Waals surface area contributed by atoms with E-state index in [9.17, 15) is 9.59 Å². The molecular formula is C35H40N2O5. The van der Waals surface area contributed by atoms with Gasteiger partial charge in [0.1, 0.15) is 11.8 Å². The van der Waals surface area contributed by atoms with Crippen LogP contribution in [0.2, 0.25) is 0 Å². The molecule has 1 aliphatic rings. The largest absolute Gasteiger partial charge is 0.495 e. The molecule has 0 saturated heterocycles. The fourth-order valence-electron chi connectivity index (χ4n) is 6.38. The number of amides is 1. The average molecular weight is 569 g/mol. The number of para-hydroxylation sites is 3. The number of methoxy groups -OCH3 is 3. The summed E-state index contributed by atoms with van der Waals surface area (Å²) < 4.78 is 17.0. The van der Waals surface area contributed by atoms with Crippen LogP contribution in [-0.2, 0) is 16.0 Å². The van der Waals surface area contributed by atoms with Crippen LogP contribution in [0.25, 0.3) is 10.9 Å². The van der Waals surface area contributed by atoms with Gasteiger partial charge < -0.3 is 19.2 Å². The third-order valence-corrected chi connectivity index (χ3v) is 8.41. The highest BCUT2D eigenvalue weighted by Gasteiger charge is 2.36. The molecule has 5 rings (SSSR count). The number of fused-ring (bicyclic) bond motifs is 1. The second-order valence-corrected chi connectivity index (χ2v) is 11.1. The number of anilines is 1. The van der Waals surface area contributed by atoms with Crippen LogP contribution in [0.1, 0.15) is 61.3 Å². The lowest BCUT2D eigenvalue weighted by Gasteiger charge is -2.34. The van der Waals surface area contributed by atoms with Gasteiger partial charge in [0.25, 0.3) is 0 Å². The maximum absolute atomic E-state index is 14.5. The molecule has 0 aliphatic heterocycles. The highest BCUT2D eigenvalue weighted by atomic mass is 16.5. The van der Waals surface area contributed by atoms with E-state index in [-0.39, 0.29) is 18.1 Å². The maximum Gasteiger partial charge on any atom is 0.232 e. The van der Waals surface area contributed by atoms with Crippen molar-refractivity contribution in [3.05, 3.63) is 83.6 Å². The Hall–Kier alpha value is -4.26. The number of nitrogens with zero attached hydrogens (tertiary/aromatic N) is 1. The minimum absolute atomic E-state index is 0.00621. The molecule has 1 aromatic heterocycles. The number of nitrogens with one attached hydrogen (secondary N) is 1. The predicted molar refractivity (Wildman–Crippen MR) is 166 cm³/mol.